The Kier molecular flexibility index (Phi) is 12.1. The predicted molar refractivity (Wildman–Crippen MR) is 80.4 cm³/mol. The molecule has 0 amide bonds. The maximum absolute atomic E-state index is 11.5. The summed E-state index contributed by atoms with van der Waals surface area (Å²) in [5.41, 5.74) is 10.0. The smallest absolute Gasteiger partial charge is 0.268 e. The van der Waals surface area contributed by atoms with Gasteiger partial charge in [-0.3, -0.25) is 9.13 Å². The number of nitrogens with two attached hydrogens (primary N) is 2. The normalized spacial score (nSPS) is 19.2. The van der Waals surface area contributed by atoms with Crippen molar-refractivity contribution in [3.63, 3.8) is 0 Å². The minimum Gasteiger partial charge on any atom is -0.756 e. The highest BCUT2D eigenvalue weighted by Crippen LogP contribution is 2.40. The predicted octanol–water partition coefficient (Wildman–Crippen LogP) is -5.45. The largest absolute Gasteiger partial charge is 0.756 e. The van der Waals surface area contributed by atoms with Gasteiger partial charge < -0.3 is 63.9 Å². The first-order valence-corrected chi connectivity index (χ1v) is 10.5. The molecule has 0 aliphatic carbocycles. The summed E-state index contributed by atoms with van der Waals surface area (Å²) >= 11 is 0. The number of ether oxygens (including phenoxy) is 1. The van der Waals surface area contributed by atoms with E-state index in [2.05, 4.69) is 18.1 Å². The van der Waals surface area contributed by atoms with E-state index in [1.165, 1.54) is 6.92 Å². The van der Waals surface area contributed by atoms with Gasteiger partial charge in [-0.15, -0.1) is 0 Å². The molecule has 0 bridgehead atoms. The van der Waals surface area contributed by atoms with Gasteiger partial charge in [-0.1, -0.05) is 0 Å². The molecule has 15 nitrogen and oxygen atoms in total. The molecule has 0 radical (unpaired) electrons. The number of carboxylic acids is 2. The first-order chi connectivity index (χ1) is 12.8. The van der Waals surface area contributed by atoms with Crippen LogP contribution in [0.15, 0.2) is 0 Å². The summed E-state index contributed by atoms with van der Waals surface area (Å²) in [6.45, 7) is -1.88. The molecule has 0 aliphatic rings. The summed E-state index contributed by atoms with van der Waals surface area (Å²) in [5.74, 6) is -3.49. The van der Waals surface area contributed by atoms with Gasteiger partial charge in [0.2, 0.25) is 0 Å². The Morgan fingerprint density at radius 2 is 1.14 bits per heavy atom. The summed E-state index contributed by atoms with van der Waals surface area (Å²) in [5, 5.41) is 20.8. The second-order valence-electron chi connectivity index (χ2n) is 5.01. The summed E-state index contributed by atoms with van der Waals surface area (Å²) in [6, 6.07) is -3.43. The van der Waals surface area contributed by atoms with E-state index >= 15 is 0 Å². The van der Waals surface area contributed by atoms with Gasteiger partial charge in [-0.25, -0.2) is 0 Å². The van der Waals surface area contributed by atoms with Crippen LogP contribution in [0.2, 0.25) is 0 Å². The average Bonchev–Trinajstić information content (AvgIpc) is 2.59. The van der Waals surface area contributed by atoms with Crippen LogP contribution in [0.4, 0.5) is 0 Å². The van der Waals surface area contributed by atoms with Crippen molar-refractivity contribution in [1.82, 2.24) is 0 Å². The molecule has 4 atom stereocenters. The van der Waals surface area contributed by atoms with Crippen LogP contribution >= 0.6 is 15.6 Å². The van der Waals surface area contributed by atoms with Crippen molar-refractivity contribution in [3.8, 4) is 0 Å². The van der Waals surface area contributed by atoms with E-state index < -0.39 is 72.2 Å². The number of phosphoric acid groups is 2. The Bertz CT molecular complexity index is 555. The molecule has 0 aromatic heterocycles. The molecule has 0 heterocycles. The Morgan fingerprint density at radius 1 is 0.821 bits per heavy atom. The van der Waals surface area contributed by atoms with Gasteiger partial charge in [-0.2, -0.15) is 0 Å². The summed E-state index contributed by atoms with van der Waals surface area (Å²) in [6.07, 6.45) is -1.23. The molecule has 0 aromatic carbocycles. The van der Waals surface area contributed by atoms with E-state index in [1.807, 2.05) is 0 Å². The molecule has 0 aromatic rings. The van der Waals surface area contributed by atoms with Crippen molar-refractivity contribution in [2.75, 3.05) is 33.0 Å². The highest BCUT2D eigenvalue weighted by molar-refractivity contribution is 7.46. The second-order valence-corrected chi connectivity index (χ2v) is 7.83. The SMILES string of the molecule is CCOC(COP(=O)([O-])OCC(N)C(=O)[O-])COP(=O)([O-])OCC(N)C(=O)[O-]. The Labute approximate surface area is 159 Å². The minimum atomic E-state index is -4.99. The second kappa shape index (κ2) is 12.6. The summed E-state index contributed by atoms with van der Waals surface area (Å²) in [4.78, 5) is 43.8. The Hall–Kier alpha value is -0.960. The molecule has 0 fully saturated rings. The van der Waals surface area contributed by atoms with Crippen LogP contribution in [0.1, 0.15) is 6.92 Å². The van der Waals surface area contributed by atoms with Crippen molar-refractivity contribution in [2.45, 2.75) is 25.1 Å². The zero-order valence-electron chi connectivity index (χ0n) is 14.6. The third-order valence-corrected chi connectivity index (χ3v) is 4.53. The molecule has 0 aliphatic heterocycles. The van der Waals surface area contributed by atoms with Gasteiger partial charge in [0.15, 0.2) is 0 Å². The van der Waals surface area contributed by atoms with Crippen molar-refractivity contribution >= 4 is 27.6 Å². The van der Waals surface area contributed by atoms with Crippen LogP contribution in [0.5, 0.6) is 0 Å². The summed E-state index contributed by atoms with van der Waals surface area (Å²) in [7, 11) is -9.98. The van der Waals surface area contributed by atoms with Crippen molar-refractivity contribution in [1.29, 1.82) is 0 Å². The molecule has 0 spiro atoms. The molecule has 0 saturated heterocycles. The number of carbonyl (C=O) groups is 2. The number of carboxylic acid groups (broad SMARTS) is 2. The van der Waals surface area contributed by atoms with E-state index in [4.69, 9.17) is 16.2 Å². The third kappa shape index (κ3) is 12.5. The lowest BCUT2D eigenvalue weighted by Gasteiger charge is -2.29. The van der Waals surface area contributed by atoms with Gasteiger partial charge in [-0.05, 0) is 6.92 Å². The van der Waals surface area contributed by atoms with Gasteiger partial charge >= 0.3 is 0 Å². The number of hydrogen-bond acceptors (Lipinski definition) is 15. The van der Waals surface area contributed by atoms with E-state index in [1.54, 1.807) is 0 Å². The quantitative estimate of drug-likeness (QED) is 0.208. The maximum Gasteiger partial charge on any atom is 0.268 e. The van der Waals surface area contributed by atoms with Gasteiger partial charge in [0, 0.05) is 6.61 Å². The molecule has 4 N–H and O–H groups in total. The maximum atomic E-state index is 11.5. The van der Waals surface area contributed by atoms with Crippen LogP contribution in [0, 0.1) is 0 Å². The molecule has 4 unspecified atom stereocenters. The van der Waals surface area contributed by atoms with E-state index in [-0.39, 0.29) is 6.61 Å². The van der Waals surface area contributed by atoms with Gasteiger partial charge in [0.25, 0.3) is 15.6 Å². The first kappa shape index (κ1) is 27.0. The molecular weight excluding hydrogens is 430 g/mol. The molecule has 166 valence electrons. The zero-order valence-corrected chi connectivity index (χ0v) is 16.4. The van der Waals surface area contributed by atoms with Crippen LogP contribution in [0.3, 0.4) is 0 Å². The van der Waals surface area contributed by atoms with Crippen molar-refractivity contribution < 1.29 is 61.6 Å². The number of carbonyl (C=O) groups excluding carboxylic acids is 2. The fraction of sp³-hybridized carbons (Fsp3) is 0.818. The Balaban J connectivity index is 4.54. The lowest BCUT2D eigenvalue weighted by molar-refractivity contribution is -0.309. The molecule has 0 saturated carbocycles. The Morgan fingerprint density at radius 3 is 1.43 bits per heavy atom. The minimum absolute atomic E-state index is 0.0105. The average molecular weight is 450 g/mol. The first-order valence-electron chi connectivity index (χ1n) is 7.54. The number of rotatable bonds is 16. The fourth-order valence-corrected chi connectivity index (χ4v) is 2.82. The van der Waals surface area contributed by atoms with Crippen molar-refractivity contribution in [2.24, 2.45) is 11.5 Å². The molecule has 17 heteroatoms. The molecule has 0 rings (SSSR count). The van der Waals surface area contributed by atoms with Gasteiger partial charge in [0.05, 0.1) is 50.4 Å². The highest BCUT2D eigenvalue weighted by Gasteiger charge is 2.20. The molecule has 28 heavy (non-hydrogen) atoms. The zero-order chi connectivity index (χ0) is 22.0. The highest BCUT2D eigenvalue weighted by atomic mass is 31.2. The van der Waals surface area contributed by atoms with Crippen LogP contribution in [-0.2, 0) is 41.6 Å². The van der Waals surface area contributed by atoms with E-state index in [9.17, 15) is 38.7 Å². The van der Waals surface area contributed by atoms with E-state index in [0.29, 0.717) is 0 Å². The lowest BCUT2D eigenvalue weighted by atomic mass is 10.3. The van der Waals surface area contributed by atoms with Crippen LogP contribution in [-0.4, -0.2) is 63.2 Å². The topological polar surface area (TPSA) is 259 Å². The lowest BCUT2D eigenvalue weighted by Crippen LogP contribution is -2.45. The summed E-state index contributed by atoms with van der Waals surface area (Å²) < 4.78 is 45.4. The van der Waals surface area contributed by atoms with Crippen molar-refractivity contribution in [3.05, 3.63) is 0 Å². The number of aliphatic carboxylic acids is 2. The number of phosphoric ester groups is 2. The number of hydrogen-bond donors (Lipinski definition) is 2. The van der Waals surface area contributed by atoms with Crippen LogP contribution < -0.4 is 31.5 Å². The van der Waals surface area contributed by atoms with E-state index in [0.717, 1.165) is 0 Å². The van der Waals surface area contributed by atoms with Gasteiger partial charge in [0.1, 0.15) is 6.10 Å². The monoisotopic (exact) mass is 450 g/mol. The third-order valence-electron chi connectivity index (χ3n) is 2.67. The standard InChI is InChI=1S/C11H24N2O13P2/c1-2-22-7(3-23-27(18,19)25-5-8(12)10(14)15)4-24-28(20,21)26-6-9(13)11(16)17/h7-9H,2-6,12-13H2,1H3,(H,14,15)(H,16,17)(H,18,19)(H,20,21)/p-4. The molecular formula is C11H20N2O13P2-4. The van der Waals surface area contributed by atoms with Crippen LogP contribution in [0.25, 0.3) is 0 Å². The fourth-order valence-electron chi connectivity index (χ4n) is 1.28.